The van der Waals surface area contributed by atoms with Gasteiger partial charge < -0.3 is 10.1 Å². The number of aromatic amines is 1. The Morgan fingerprint density at radius 2 is 1.89 bits per heavy atom. The molecule has 2 aromatic rings. The van der Waals surface area contributed by atoms with Gasteiger partial charge in [-0.15, -0.1) is 0 Å². The summed E-state index contributed by atoms with van der Waals surface area (Å²) in [6, 6.07) is 4.23. The first kappa shape index (κ1) is 12.4. The SMILES string of the molecule is Cc1cc(C)c(-c2cnc(CC(=O)O)[nH]2)cc1C. The van der Waals surface area contributed by atoms with Gasteiger partial charge in [-0.1, -0.05) is 6.07 Å². The summed E-state index contributed by atoms with van der Waals surface area (Å²) in [6.07, 6.45) is 1.61. The van der Waals surface area contributed by atoms with Gasteiger partial charge in [-0.2, -0.15) is 0 Å². The lowest BCUT2D eigenvalue weighted by Gasteiger charge is -2.07. The Hall–Kier alpha value is -2.10. The Bertz CT molecular complexity index is 600. The Balaban J connectivity index is 2.40. The zero-order chi connectivity index (χ0) is 13.3. The number of aromatic nitrogens is 2. The molecule has 0 aliphatic heterocycles. The van der Waals surface area contributed by atoms with Crippen molar-refractivity contribution in [3.63, 3.8) is 0 Å². The van der Waals surface area contributed by atoms with Crippen LogP contribution >= 0.6 is 0 Å². The molecule has 0 atom stereocenters. The number of benzene rings is 1. The Morgan fingerprint density at radius 1 is 1.22 bits per heavy atom. The van der Waals surface area contributed by atoms with E-state index in [0.717, 1.165) is 16.8 Å². The number of nitrogens with one attached hydrogen (secondary N) is 1. The van der Waals surface area contributed by atoms with Crippen molar-refractivity contribution in [3.05, 3.63) is 40.8 Å². The Kier molecular flexibility index (Phi) is 3.19. The first-order chi connectivity index (χ1) is 8.47. The van der Waals surface area contributed by atoms with E-state index in [-0.39, 0.29) is 6.42 Å². The molecular weight excluding hydrogens is 228 g/mol. The van der Waals surface area contributed by atoms with E-state index in [1.165, 1.54) is 11.1 Å². The van der Waals surface area contributed by atoms with Crippen LogP contribution < -0.4 is 0 Å². The Morgan fingerprint density at radius 3 is 2.56 bits per heavy atom. The van der Waals surface area contributed by atoms with Gasteiger partial charge in [0.05, 0.1) is 11.9 Å². The summed E-state index contributed by atoms with van der Waals surface area (Å²) >= 11 is 0. The van der Waals surface area contributed by atoms with Crippen molar-refractivity contribution in [1.29, 1.82) is 0 Å². The molecule has 1 heterocycles. The monoisotopic (exact) mass is 244 g/mol. The van der Waals surface area contributed by atoms with Gasteiger partial charge in [-0.25, -0.2) is 4.98 Å². The van der Waals surface area contributed by atoms with Crippen molar-refractivity contribution in [2.24, 2.45) is 0 Å². The highest BCUT2D eigenvalue weighted by molar-refractivity contribution is 5.70. The number of aliphatic carboxylic acids is 1. The van der Waals surface area contributed by atoms with Crippen LogP contribution in [0.25, 0.3) is 11.3 Å². The third-order valence-corrected chi connectivity index (χ3v) is 3.08. The second-order valence-electron chi connectivity index (χ2n) is 4.57. The molecule has 94 valence electrons. The summed E-state index contributed by atoms with van der Waals surface area (Å²) < 4.78 is 0. The number of H-pyrrole nitrogens is 1. The summed E-state index contributed by atoms with van der Waals surface area (Å²) in [5.74, 6) is -0.400. The van der Waals surface area contributed by atoms with Crippen molar-refractivity contribution in [1.82, 2.24) is 9.97 Å². The average molecular weight is 244 g/mol. The molecule has 4 heteroatoms. The standard InChI is InChI=1S/C14H16N2O2/c1-8-4-10(3)11(5-9(8)2)12-7-15-13(16-12)6-14(17)18/h4-5,7H,6H2,1-3H3,(H,15,16)(H,17,18). The Labute approximate surface area is 106 Å². The maximum atomic E-state index is 10.6. The fraction of sp³-hybridized carbons (Fsp3) is 0.286. The number of rotatable bonds is 3. The van der Waals surface area contributed by atoms with Gasteiger partial charge in [0.2, 0.25) is 0 Å². The lowest BCUT2D eigenvalue weighted by atomic mass is 9.99. The van der Waals surface area contributed by atoms with Gasteiger partial charge in [0.25, 0.3) is 0 Å². The highest BCUT2D eigenvalue weighted by atomic mass is 16.4. The molecule has 0 aliphatic carbocycles. The fourth-order valence-electron chi connectivity index (χ4n) is 1.98. The van der Waals surface area contributed by atoms with Crippen LogP contribution in [0, 0.1) is 20.8 Å². The predicted molar refractivity (Wildman–Crippen MR) is 69.6 cm³/mol. The molecule has 0 aliphatic rings. The van der Waals surface area contributed by atoms with Gasteiger partial charge in [0.15, 0.2) is 0 Å². The second kappa shape index (κ2) is 4.64. The van der Waals surface area contributed by atoms with E-state index in [4.69, 9.17) is 5.11 Å². The molecule has 2 rings (SSSR count). The number of carboxylic acid groups (broad SMARTS) is 1. The summed E-state index contributed by atoms with van der Waals surface area (Å²) in [7, 11) is 0. The second-order valence-corrected chi connectivity index (χ2v) is 4.57. The summed E-state index contributed by atoms with van der Waals surface area (Å²) in [4.78, 5) is 17.8. The molecule has 0 saturated heterocycles. The van der Waals surface area contributed by atoms with Crippen molar-refractivity contribution >= 4 is 5.97 Å². The lowest BCUT2D eigenvalue weighted by Crippen LogP contribution is -2.01. The van der Waals surface area contributed by atoms with Crippen LogP contribution in [0.2, 0.25) is 0 Å². The molecule has 0 radical (unpaired) electrons. The number of nitrogens with zero attached hydrogens (tertiary/aromatic N) is 1. The zero-order valence-electron chi connectivity index (χ0n) is 10.7. The van der Waals surface area contributed by atoms with Gasteiger partial charge in [0, 0.05) is 5.56 Å². The molecule has 0 unspecified atom stereocenters. The van der Waals surface area contributed by atoms with Crippen LogP contribution in [0.5, 0.6) is 0 Å². The normalized spacial score (nSPS) is 10.6. The van der Waals surface area contributed by atoms with E-state index < -0.39 is 5.97 Å². The van der Waals surface area contributed by atoms with E-state index in [9.17, 15) is 4.79 Å². The minimum atomic E-state index is -0.882. The molecule has 0 spiro atoms. The maximum absolute atomic E-state index is 10.6. The molecule has 0 fully saturated rings. The summed E-state index contributed by atoms with van der Waals surface area (Å²) in [5.41, 5.74) is 5.56. The largest absolute Gasteiger partial charge is 0.481 e. The fourth-order valence-corrected chi connectivity index (χ4v) is 1.98. The van der Waals surface area contributed by atoms with Crippen molar-refractivity contribution in [3.8, 4) is 11.3 Å². The van der Waals surface area contributed by atoms with E-state index in [0.29, 0.717) is 5.82 Å². The highest BCUT2D eigenvalue weighted by Gasteiger charge is 2.09. The zero-order valence-corrected chi connectivity index (χ0v) is 10.7. The molecule has 0 bridgehead atoms. The molecular formula is C14H16N2O2. The summed E-state index contributed by atoms with van der Waals surface area (Å²) in [6.45, 7) is 6.18. The van der Waals surface area contributed by atoms with Gasteiger partial charge >= 0.3 is 5.97 Å². The molecule has 0 amide bonds. The number of imidazole rings is 1. The average Bonchev–Trinajstić information content (AvgIpc) is 2.70. The summed E-state index contributed by atoms with van der Waals surface area (Å²) in [5, 5.41) is 8.72. The highest BCUT2D eigenvalue weighted by Crippen LogP contribution is 2.25. The minimum Gasteiger partial charge on any atom is -0.481 e. The van der Waals surface area contributed by atoms with E-state index in [1.807, 2.05) is 6.92 Å². The number of carboxylic acids is 1. The molecule has 18 heavy (non-hydrogen) atoms. The third kappa shape index (κ3) is 2.42. The molecule has 1 aromatic carbocycles. The lowest BCUT2D eigenvalue weighted by molar-refractivity contribution is -0.136. The molecule has 4 nitrogen and oxygen atoms in total. The maximum Gasteiger partial charge on any atom is 0.311 e. The first-order valence-corrected chi connectivity index (χ1v) is 5.81. The van der Waals surface area contributed by atoms with Crippen LogP contribution in [0.4, 0.5) is 0 Å². The van der Waals surface area contributed by atoms with Crippen molar-refractivity contribution < 1.29 is 9.90 Å². The van der Waals surface area contributed by atoms with Crippen LogP contribution in [-0.2, 0) is 11.2 Å². The molecule has 2 N–H and O–H groups in total. The number of hydrogen-bond donors (Lipinski definition) is 2. The van der Waals surface area contributed by atoms with E-state index in [2.05, 4.69) is 35.9 Å². The van der Waals surface area contributed by atoms with Crippen LogP contribution in [0.1, 0.15) is 22.5 Å². The predicted octanol–water partition coefficient (Wildman–Crippen LogP) is 2.63. The number of hydrogen-bond acceptors (Lipinski definition) is 2. The van der Waals surface area contributed by atoms with Gasteiger partial charge in [-0.3, -0.25) is 4.79 Å². The minimum absolute atomic E-state index is 0.0795. The van der Waals surface area contributed by atoms with Crippen LogP contribution in [0.3, 0.4) is 0 Å². The quantitative estimate of drug-likeness (QED) is 0.872. The smallest absolute Gasteiger partial charge is 0.311 e. The third-order valence-electron chi connectivity index (χ3n) is 3.08. The molecule has 1 aromatic heterocycles. The van der Waals surface area contributed by atoms with Crippen LogP contribution in [0.15, 0.2) is 18.3 Å². The first-order valence-electron chi connectivity index (χ1n) is 5.81. The number of carbonyl (C=O) groups is 1. The number of aryl methyl sites for hydroxylation is 3. The molecule has 0 saturated carbocycles. The van der Waals surface area contributed by atoms with E-state index >= 15 is 0 Å². The van der Waals surface area contributed by atoms with Crippen molar-refractivity contribution in [2.75, 3.05) is 0 Å². The van der Waals surface area contributed by atoms with Crippen molar-refractivity contribution in [2.45, 2.75) is 27.2 Å². The van der Waals surface area contributed by atoms with Crippen LogP contribution in [-0.4, -0.2) is 21.0 Å². The topological polar surface area (TPSA) is 66.0 Å². The van der Waals surface area contributed by atoms with Gasteiger partial charge in [-0.05, 0) is 43.5 Å². The van der Waals surface area contributed by atoms with Gasteiger partial charge in [0.1, 0.15) is 12.2 Å². The van der Waals surface area contributed by atoms with E-state index in [1.54, 1.807) is 6.20 Å².